The molecule has 158 valence electrons. The summed E-state index contributed by atoms with van der Waals surface area (Å²) in [6.07, 6.45) is -3.18. The predicted molar refractivity (Wildman–Crippen MR) is 104 cm³/mol. The third kappa shape index (κ3) is 4.85. The van der Waals surface area contributed by atoms with Gasteiger partial charge in [0.2, 0.25) is 5.56 Å². The van der Waals surface area contributed by atoms with E-state index in [0.29, 0.717) is 11.3 Å². The monoisotopic (exact) mass is 442 g/mol. The molecule has 0 spiro atoms. The van der Waals surface area contributed by atoms with Crippen molar-refractivity contribution >= 4 is 17.3 Å². The molecule has 0 unspecified atom stereocenters. The standard InChI is InChI=1S/C20H15ClF4N2O3/c1-29-15-5-4-14(18(21)19(15)22)30-16-8-12(20(23,24)25)3-2-11(16)10-27-13-6-7-26-17(28)9-13/h2-9H,10H2,1H3,(H2,26,27,28). The molecule has 5 nitrogen and oxygen atoms in total. The number of alkyl halides is 3. The van der Waals surface area contributed by atoms with E-state index < -0.39 is 22.6 Å². The lowest BCUT2D eigenvalue weighted by Gasteiger charge is -2.16. The molecule has 0 amide bonds. The average molecular weight is 443 g/mol. The Morgan fingerprint density at radius 1 is 1.07 bits per heavy atom. The van der Waals surface area contributed by atoms with Crippen molar-refractivity contribution in [2.75, 3.05) is 12.4 Å². The lowest BCUT2D eigenvalue weighted by Crippen LogP contribution is -2.09. The van der Waals surface area contributed by atoms with Gasteiger partial charge in [-0.15, -0.1) is 0 Å². The van der Waals surface area contributed by atoms with Gasteiger partial charge in [-0.3, -0.25) is 4.79 Å². The smallest absolute Gasteiger partial charge is 0.416 e. The Balaban J connectivity index is 1.96. The van der Waals surface area contributed by atoms with E-state index in [1.165, 1.54) is 37.6 Å². The highest BCUT2D eigenvalue weighted by molar-refractivity contribution is 6.32. The topological polar surface area (TPSA) is 63.4 Å². The molecule has 2 N–H and O–H groups in total. The van der Waals surface area contributed by atoms with Crippen LogP contribution in [0.5, 0.6) is 17.2 Å². The van der Waals surface area contributed by atoms with Gasteiger partial charge < -0.3 is 19.8 Å². The summed E-state index contributed by atoms with van der Waals surface area (Å²) in [7, 11) is 1.25. The number of ether oxygens (including phenoxy) is 2. The van der Waals surface area contributed by atoms with Crippen molar-refractivity contribution in [1.82, 2.24) is 4.98 Å². The largest absolute Gasteiger partial charge is 0.494 e. The zero-order chi connectivity index (χ0) is 21.9. The summed E-state index contributed by atoms with van der Waals surface area (Å²) in [6.45, 7) is 0.0349. The molecule has 0 aliphatic carbocycles. The summed E-state index contributed by atoms with van der Waals surface area (Å²) in [6, 6.07) is 8.34. The van der Waals surface area contributed by atoms with E-state index in [-0.39, 0.29) is 29.4 Å². The van der Waals surface area contributed by atoms with Gasteiger partial charge in [0.05, 0.1) is 12.7 Å². The zero-order valence-electron chi connectivity index (χ0n) is 15.4. The normalized spacial score (nSPS) is 11.3. The van der Waals surface area contributed by atoms with Crippen LogP contribution in [0.3, 0.4) is 0 Å². The minimum atomic E-state index is -4.61. The molecule has 3 aromatic rings. The number of anilines is 1. The van der Waals surface area contributed by atoms with Crippen molar-refractivity contribution in [3.05, 3.63) is 81.0 Å². The predicted octanol–water partition coefficient (Wildman–Crippen LogP) is 5.60. The van der Waals surface area contributed by atoms with Gasteiger partial charge in [0.1, 0.15) is 16.5 Å². The molecule has 2 aromatic carbocycles. The van der Waals surface area contributed by atoms with E-state index in [2.05, 4.69) is 10.3 Å². The number of nitrogens with one attached hydrogen (secondary N) is 2. The fourth-order valence-corrected chi connectivity index (χ4v) is 2.79. The van der Waals surface area contributed by atoms with Crippen molar-refractivity contribution in [1.29, 1.82) is 0 Å². The van der Waals surface area contributed by atoms with Crippen LogP contribution < -0.4 is 20.3 Å². The van der Waals surface area contributed by atoms with E-state index >= 15 is 0 Å². The number of rotatable bonds is 6. The quantitative estimate of drug-likeness (QED) is 0.488. The molecular weight excluding hydrogens is 428 g/mol. The fraction of sp³-hybridized carbons (Fsp3) is 0.150. The molecule has 0 atom stereocenters. The van der Waals surface area contributed by atoms with Crippen LogP contribution in [0, 0.1) is 5.82 Å². The van der Waals surface area contributed by atoms with Gasteiger partial charge in [0.25, 0.3) is 0 Å². The Labute approximate surface area is 173 Å². The highest BCUT2D eigenvalue weighted by Crippen LogP contribution is 2.39. The Bertz CT molecular complexity index is 1120. The average Bonchev–Trinajstić information content (AvgIpc) is 2.70. The van der Waals surface area contributed by atoms with Gasteiger partial charge in [-0.1, -0.05) is 17.7 Å². The second-order valence-electron chi connectivity index (χ2n) is 6.11. The SMILES string of the molecule is COc1ccc(Oc2cc(C(F)(F)F)ccc2CNc2cc[nH]c(=O)c2)c(Cl)c1F. The summed E-state index contributed by atoms with van der Waals surface area (Å²) < 4.78 is 64.0. The minimum Gasteiger partial charge on any atom is -0.494 e. The van der Waals surface area contributed by atoms with Gasteiger partial charge in [-0.25, -0.2) is 4.39 Å². The second kappa shape index (κ2) is 8.66. The van der Waals surface area contributed by atoms with E-state index in [4.69, 9.17) is 21.1 Å². The number of pyridine rings is 1. The summed E-state index contributed by atoms with van der Waals surface area (Å²) in [5.41, 5.74) is -0.499. The second-order valence-corrected chi connectivity index (χ2v) is 6.49. The van der Waals surface area contributed by atoms with Crippen LogP contribution in [0.2, 0.25) is 5.02 Å². The number of aromatic nitrogens is 1. The molecule has 10 heteroatoms. The lowest BCUT2D eigenvalue weighted by molar-refractivity contribution is -0.137. The van der Waals surface area contributed by atoms with Gasteiger partial charge in [0.15, 0.2) is 11.6 Å². The Morgan fingerprint density at radius 2 is 1.80 bits per heavy atom. The minimum absolute atomic E-state index is 0.0349. The van der Waals surface area contributed by atoms with Gasteiger partial charge in [-0.2, -0.15) is 13.2 Å². The van der Waals surface area contributed by atoms with Crippen LogP contribution in [-0.4, -0.2) is 12.1 Å². The van der Waals surface area contributed by atoms with Crippen LogP contribution in [0.4, 0.5) is 23.2 Å². The maximum absolute atomic E-state index is 14.2. The summed E-state index contributed by atoms with van der Waals surface area (Å²) >= 11 is 5.94. The van der Waals surface area contributed by atoms with Crippen LogP contribution in [-0.2, 0) is 12.7 Å². The van der Waals surface area contributed by atoms with E-state index in [1.54, 1.807) is 6.07 Å². The summed E-state index contributed by atoms with van der Waals surface area (Å²) in [4.78, 5) is 13.8. The van der Waals surface area contributed by atoms with E-state index in [9.17, 15) is 22.4 Å². The zero-order valence-corrected chi connectivity index (χ0v) is 16.2. The summed E-state index contributed by atoms with van der Waals surface area (Å²) in [5, 5.41) is 2.49. The van der Waals surface area contributed by atoms with Crippen LogP contribution >= 0.6 is 11.6 Å². The van der Waals surface area contributed by atoms with Gasteiger partial charge >= 0.3 is 6.18 Å². The highest BCUT2D eigenvalue weighted by atomic mass is 35.5. The van der Waals surface area contributed by atoms with E-state index in [1.807, 2.05) is 0 Å². The molecule has 3 rings (SSSR count). The molecule has 0 fully saturated rings. The number of halogens is 5. The lowest BCUT2D eigenvalue weighted by atomic mass is 10.1. The third-order valence-corrected chi connectivity index (χ3v) is 4.46. The Morgan fingerprint density at radius 3 is 2.47 bits per heavy atom. The first-order chi connectivity index (χ1) is 14.2. The highest BCUT2D eigenvalue weighted by Gasteiger charge is 2.31. The third-order valence-electron chi connectivity index (χ3n) is 4.10. The van der Waals surface area contributed by atoms with Crippen molar-refractivity contribution in [2.24, 2.45) is 0 Å². The first-order valence-electron chi connectivity index (χ1n) is 8.51. The maximum Gasteiger partial charge on any atom is 0.416 e. The Hall–Kier alpha value is -3.20. The molecular formula is C20H15ClF4N2O3. The van der Waals surface area contributed by atoms with Crippen LogP contribution in [0.25, 0.3) is 0 Å². The number of hydrogen-bond acceptors (Lipinski definition) is 4. The van der Waals surface area contributed by atoms with Crippen LogP contribution in [0.15, 0.2) is 53.5 Å². The van der Waals surface area contributed by atoms with Crippen molar-refractivity contribution in [2.45, 2.75) is 12.7 Å². The van der Waals surface area contributed by atoms with Gasteiger partial charge in [-0.05, 0) is 30.3 Å². The van der Waals surface area contributed by atoms with Crippen molar-refractivity contribution in [3.8, 4) is 17.2 Å². The summed E-state index contributed by atoms with van der Waals surface area (Å²) in [5.74, 6) is -1.38. The number of H-pyrrole nitrogens is 1. The van der Waals surface area contributed by atoms with Crippen LogP contribution in [0.1, 0.15) is 11.1 Å². The van der Waals surface area contributed by atoms with Gasteiger partial charge in [0, 0.05) is 30.1 Å². The Kier molecular flexibility index (Phi) is 6.21. The molecule has 0 saturated heterocycles. The fourth-order valence-electron chi connectivity index (χ4n) is 2.59. The maximum atomic E-state index is 14.2. The molecule has 0 aliphatic heterocycles. The number of benzene rings is 2. The first kappa shape index (κ1) is 21.5. The number of aromatic amines is 1. The molecule has 0 radical (unpaired) electrons. The van der Waals surface area contributed by atoms with Crippen molar-refractivity contribution in [3.63, 3.8) is 0 Å². The molecule has 0 bridgehead atoms. The molecule has 1 aromatic heterocycles. The molecule has 1 heterocycles. The molecule has 30 heavy (non-hydrogen) atoms. The number of methoxy groups -OCH3 is 1. The van der Waals surface area contributed by atoms with Crippen molar-refractivity contribution < 1.29 is 27.0 Å². The first-order valence-corrected chi connectivity index (χ1v) is 8.89. The van der Waals surface area contributed by atoms with E-state index in [0.717, 1.165) is 12.1 Å². The number of hydrogen-bond donors (Lipinski definition) is 2. The molecule has 0 aliphatic rings. The molecule has 0 saturated carbocycles.